The molecule has 1 atom stereocenters. The highest BCUT2D eigenvalue weighted by atomic mass is 16.7. The minimum Gasteiger partial charge on any atom is -0.547 e. The van der Waals surface area contributed by atoms with Crippen molar-refractivity contribution in [2.24, 2.45) is 0 Å². The SMILES string of the molecule is COc1ccc2cc3[n+](cc2c1O)CCc1cc2c(cc1-3)OCO2.O=C([O-])C(O)CO. The van der Waals surface area contributed by atoms with Crippen molar-refractivity contribution in [3.05, 3.63) is 42.1 Å². The average Bonchev–Trinajstić information content (AvgIpc) is 3.24. The number of ether oxygens (including phenoxy) is 3. The number of methoxy groups -OCH3 is 1. The standard InChI is InChI=1S/C19H15NO4.C3H6O4/c1-22-16-3-2-11-6-15-13-8-18-17(23-10-24-18)7-12(13)4-5-20(15)9-14(11)19(16)21;4-1-2(5)3(6)7/h2-3,6-9H,4-5,10H2,1H3;2,4-5H,1H2,(H,6,7). The average molecular weight is 427 g/mol. The van der Waals surface area contributed by atoms with Gasteiger partial charge < -0.3 is 39.4 Å². The lowest BCUT2D eigenvalue weighted by Crippen LogP contribution is -2.39. The maximum Gasteiger partial charge on any atom is 0.231 e. The number of nitrogens with zero attached hydrogens (tertiary/aromatic N) is 1. The molecule has 9 heteroatoms. The molecule has 2 aromatic carbocycles. The van der Waals surface area contributed by atoms with Crippen molar-refractivity contribution in [3.8, 4) is 34.3 Å². The van der Waals surface area contributed by atoms with Crippen LogP contribution in [0.1, 0.15) is 5.56 Å². The molecule has 0 aliphatic carbocycles. The van der Waals surface area contributed by atoms with Crippen LogP contribution in [0.4, 0.5) is 0 Å². The summed E-state index contributed by atoms with van der Waals surface area (Å²) in [6.07, 6.45) is 1.18. The molecule has 2 aliphatic heterocycles. The molecule has 162 valence electrons. The van der Waals surface area contributed by atoms with E-state index < -0.39 is 18.7 Å². The van der Waals surface area contributed by atoms with Crippen molar-refractivity contribution in [1.82, 2.24) is 0 Å². The monoisotopic (exact) mass is 427 g/mol. The number of carboxylic acids is 1. The van der Waals surface area contributed by atoms with Crippen molar-refractivity contribution < 1.29 is 44.0 Å². The van der Waals surface area contributed by atoms with E-state index in [0.29, 0.717) is 5.75 Å². The van der Waals surface area contributed by atoms with E-state index in [-0.39, 0.29) is 12.5 Å². The molecule has 2 aliphatic rings. The number of aliphatic hydroxyl groups excluding tert-OH is 2. The third-order valence-corrected chi connectivity index (χ3v) is 5.26. The minimum atomic E-state index is -1.74. The number of hydrogen-bond acceptors (Lipinski definition) is 8. The predicted octanol–water partition coefficient (Wildman–Crippen LogP) is -0.117. The number of carboxylic acid groups (broad SMARTS) is 1. The van der Waals surface area contributed by atoms with E-state index in [0.717, 1.165) is 46.5 Å². The van der Waals surface area contributed by atoms with Crippen LogP contribution < -0.4 is 23.9 Å². The first-order valence-corrected chi connectivity index (χ1v) is 9.58. The number of aliphatic carboxylic acids is 1. The Bertz CT molecular complexity index is 1160. The fourth-order valence-electron chi connectivity index (χ4n) is 3.65. The zero-order chi connectivity index (χ0) is 22.1. The lowest BCUT2D eigenvalue weighted by Gasteiger charge is -2.16. The molecule has 5 rings (SSSR count). The number of rotatable bonds is 3. The summed E-state index contributed by atoms with van der Waals surface area (Å²) in [5, 5.41) is 37.4. The number of carbonyl (C=O) groups is 1. The molecular weight excluding hydrogens is 406 g/mol. The van der Waals surface area contributed by atoms with Crippen LogP contribution in [-0.2, 0) is 17.8 Å². The second-order valence-electron chi connectivity index (χ2n) is 7.10. The fourth-order valence-corrected chi connectivity index (χ4v) is 3.65. The molecule has 1 aromatic heterocycles. The Balaban J connectivity index is 0.000000289. The molecule has 3 aromatic rings. The van der Waals surface area contributed by atoms with Gasteiger partial charge in [-0.1, -0.05) is 0 Å². The first kappa shape index (κ1) is 20.7. The Morgan fingerprint density at radius 1 is 1.26 bits per heavy atom. The number of aromatic hydroxyl groups is 1. The number of aryl methyl sites for hydroxylation is 2. The van der Waals surface area contributed by atoms with E-state index in [2.05, 4.69) is 22.8 Å². The largest absolute Gasteiger partial charge is 0.547 e. The van der Waals surface area contributed by atoms with Crippen molar-refractivity contribution in [2.75, 3.05) is 20.5 Å². The van der Waals surface area contributed by atoms with Crippen LogP contribution in [0.5, 0.6) is 23.0 Å². The summed E-state index contributed by atoms with van der Waals surface area (Å²) < 4.78 is 18.4. The highest BCUT2D eigenvalue weighted by Crippen LogP contribution is 2.41. The first-order chi connectivity index (χ1) is 14.9. The Hall–Kier alpha value is -3.56. The molecule has 0 saturated carbocycles. The number of phenolic OH excluding ortho intramolecular Hbond substituents is 1. The number of pyridine rings is 1. The number of phenols is 1. The lowest BCUT2D eigenvalue weighted by atomic mass is 9.95. The summed E-state index contributed by atoms with van der Waals surface area (Å²) in [5.74, 6) is 0.636. The van der Waals surface area contributed by atoms with Crippen molar-refractivity contribution in [1.29, 1.82) is 0 Å². The number of aromatic nitrogens is 1. The maximum absolute atomic E-state index is 10.4. The van der Waals surface area contributed by atoms with Crippen LogP contribution in [-0.4, -0.2) is 47.9 Å². The van der Waals surface area contributed by atoms with Crippen molar-refractivity contribution in [2.45, 2.75) is 19.1 Å². The number of benzene rings is 2. The Labute approximate surface area is 177 Å². The smallest absolute Gasteiger partial charge is 0.231 e. The van der Waals surface area contributed by atoms with Gasteiger partial charge in [-0.25, -0.2) is 0 Å². The fraction of sp³-hybridized carbons (Fsp3) is 0.273. The van der Waals surface area contributed by atoms with Gasteiger partial charge in [-0.05, 0) is 35.2 Å². The molecule has 3 heterocycles. The van der Waals surface area contributed by atoms with Crippen LogP contribution in [0.25, 0.3) is 22.0 Å². The van der Waals surface area contributed by atoms with E-state index in [9.17, 15) is 15.0 Å². The highest BCUT2D eigenvalue weighted by Gasteiger charge is 2.28. The van der Waals surface area contributed by atoms with Crippen molar-refractivity contribution in [3.63, 3.8) is 0 Å². The van der Waals surface area contributed by atoms with Gasteiger partial charge in [0.25, 0.3) is 0 Å². The van der Waals surface area contributed by atoms with E-state index in [1.165, 1.54) is 5.56 Å². The molecule has 0 fully saturated rings. The lowest BCUT2D eigenvalue weighted by molar-refractivity contribution is -0.686. The van der Waals surface area contributed by atoms with Crippen LogP contribution in [0.2, 0.25) is 0 Å². The molecule has 3 N–H and O–H groups in total. The molecular formula is C22H21NO8. The van der Waals surface area contributed by atoms with Crippen LogP contribution in [0.15, 0.2) is 36.5 Å². The van der Waals surface area contributed by atoms with E-state index in [1.54, 1.807) is 13.2 Å². The summed E-state index contributed by atoms with van der Waals surface area (Å²) >= 11 is 0. The van der Waals surface area contributed by atoms with Crippen LogP contribution >= 0.6 is 0 Å². The Morgan fingerprint density at radius 2 is 2.00 bits per heavy atom. The van der Waals surface area contributed by atoms with Crippen molar-refractivity contribution >= 4 is 16.7 Å². The molecule has 0 saturated heterocycles. The third-order valence-electron chi connectivity index (χ3n) is 5.26. The summed E-state index contributed by atoms with van der Waals surface area (Å²) in [6.45, 7) is 0.348. The second-order valence-corrected chi connectivity index (χ2v) is 7.10. The van der Waals surface area contributed by atoms with Gasteiger partial charge in [0.2, 0.25) is 12.5 Å². The normalized spacial score (nSPS) is 14.2. The quantitative estimate of drug-likeness (QED) is 0.493. The first-order valence-electron chi connectivity index (χ1n) is 9.58. The maximum atomic E-state index is 10.4. The third kappa shape index (κ3) is 3.80. The molecule has 0 radical (unpaired) electrons. The van der Waals surface area contributed by atoms with Gasteiger partial charge in [0.1, 0.15) is 6.10 Å². The molecule has 0 amide bonds. The minimum absolute atomic E-state index is 0.182. The molecule has 31 heavy (non-hydrogen) atoms. The molecule has 9 nitrogen and oxygen atoms in total. The van der Waals surface area contributed by atoms with Gasteiger partial charge in [-0.2, -0.15) is 4.57 Å². The molecule has 0 bridgehead atoms. The zero-order valence-corrected chi connectivity index (χ0v) is 16.7. The van der Waals surface area contributed by atoms with Gasteiger partial charge >= 0.3 is 0 Å². The van der Waals surface area contributed by atoms with Gasteiger partial charge in [-0.15, -0.1) is 0 Å². The predicted molar refractivity (Wildman–Crippen MR) is 106 cm³/mol. The number of fused-ring (bicyclic) bond motifs is 5. The summed E-state index contributed by atoms with van der Waals surface area (Å²) in [4.78, 5) is 9.41. The number of hydrogen-bond donors (Lipinski definition) is 3. The summed E-state index contributed by atoms with van der Waals surface area (Å²) in [6, 6.07) is 10.00. The van der Waals surface area contributed by atoms with E-state index in [4.69, 9.17) is 24.4 Å². The summed E-state index contributed by atoms with van der Waals surface area (Å²) in [5.41, 5.74) is 3.53. The van der Waals surface area contributed by atoms with Gasteiger partial charge in [0.05, 0.1) is 30.6 Å². The zero-order valence-electron chi connectivity index (χ0n) is 16.7. The van der Waals surface area contributed by atoms with Crippen LogP contribution in [0, 0.1) is 0 Å². The van der Waals surface area contributed by atoms with Gasteiger partial charge in [0, 0.05) is 12.5 Å². The Morgan fingerprint density at radius 3 is 2.65 bits per heavy atom. The second kappa shape index (κ2) is 8.29. The van der Waals surface area contributed by atoms with E-state index in [1.807, 2.05) is 12.3 Å². The number of carbonyl (C=O) groups excluding carboxylic acids is 1. The summed E-state index contributed by atoms with van der Waals surface area (Å²) in [7, 11) is 1.56. The molecule has 1 unspecified atom stereocenters. The van der Waals surface area contributed by atoms with E-state index >= 15 is 0 Å². The number of aliphatic hydroxyl groups is 2. The van der Waals surface area contributed by atoms with Gasteiger partial charge in [0.15, 0.2) is 35.7 Å². The topological polar surface area (TPSA) is 132 Å². The molecule has 0 spiro atoms. The highest BCUT2D eigenvalue weighted by molar-refractivity contribution is 5.91. The van der Waals surface area contributed by atoms with Gasteiger partial charge in [-0.3, -0.25) is 0 Å². The Kier molecular flexibility index (Phi) is 5.53. The van der Waals surface area contributed by atoms with Crippen LogP contribution in [0.3, 0.4) is 0 Å².